The minimum atomic E-state index is -1.57. The van der Waals surface area contributed by atoms with Crippen LogP contribution in [0.25, 0.3) is 23.1 Å². The van der Waals surface area contributed by atoms with Gasteiger partial charge in [0.15, 0.2) is 11.6 Å². The number of fused-ring (bicyclic) bond motifs is 6. The third kappa shape index (κ3) is 9.97. The van der Waals surface area contributed by atoms with Crippen molar-refractivity contribution in [3.05, 3.63) is 136 Å². The predicted molar refractivity (Wildman–Crippen MR) is 271 cm³/mol. The number of hydrogen-bond donors (Lipinski definition) is 5. The first kappa shape index (κ1) is 50.0. The van der Waals surface area contributed by atoms with Crippen LogP contribution in [-0.2, 0) is 26.4 Å². The Morgan fingerprint density at radius 2 is 1.75 bits per heavy atom. The molecule has 0 radical (unpaired) electrons. The Morgan fingerprint density at radius 1 is 1.00 bits per heavy atom. The highest BCUT2D eigenvalue weighted by Crippen LogP contribution is 2.68. The fourth-order valence-corrected chi connectivity index (χ4v) is 14.4. The average Bonchev–Trinajstić information content (AvgIpc) is 3.99. The van der Waals surface area contributed by atoms with E-state index in [0.717, 1.165) is 83.1 Å². The van der Waals surface area contributed by atoms with Crippen molar-refractivity contribution in [3.63, 3.8) is 0 Å². The normalized spacial score (nSPS) is 29.6. The number of aromatic nitrogens is 1. The lowest BCUT2D eigenvalue weighted by Crippen LogP contribution is -2.62. The molecule has 0 unspecified atom stereocenters. The highest BCUT2D eigenvalue weighted by molar-refractivity contribution is 7.99. The van der Waals surface area contributed by atoms with Gasteiger partial charge in [-0.25, -0.2) is 4.98 Å². The molecule has 4 fully saturated rings. The summed E-state index contributed by atoms with van der Waals surface area (Å²) < 4.78 is 0. The summed E-state index contributed by atoms with van der Waals surface area (Å²) in [6.45, 7) is 9.14. The van der Waals surface area contributed by atoms with E-state index in [9.17, 15) is 39.9 Å². The Labute approximate surface area is 409 Å². The second-order valence-electron chi connectivity index (χ2n) is 21.4. The number of aliphatic hydroxyl groups is 4. The summed E-state index contributed by atoms with van der Waals surface area (Å²) in [6.07, 6.45) is 14.9. The largest absolute Gasteiger partial charge is 0.481 e. The number of nitrogens with zero attached hydrogens (tertiary/aromatic N) is 1. The van der Waals surface area contributed by atoms with E-state index in [-0.39, 0.29) is 52.0 Å². The molecule has 0 aliphatic heterocycles. The van der Waals surface area contributed by atoms with Crippen molar-refractivity contribution >= 4 is 64.0 Å². The number of carbonyl (C=O) groups excluding carboxylic acids is 2. The average molecular weight is 961 g/mol. The number of allylic oxidation sites excluding steroid dienone is 4. The lowest BCUT2D eigenvalue weighted by atomic mass is 9.45. The van der Waals surface area contributed by atoms with Crippen molar-refractivity contribution in [2.45, 2.75) is 115 Å². The van der Waals surface area contributed by atoms with Gasteiger partial charge in [0.25, 0.3) is 0 Å². The van der Waals surface area contributed by atoms with Crippen LogP contribution in [0.2, 0.25) is 5.02 Å². The first-order valence-electron chi connectivity index (χ1n) is 24.2. The fraction of sp³-hybridized carbons (Fsp3) is 0.474. The third-order valence-electron chi connectivity index (χ3n) is 16.4. The Hall–Kier alpha value is -4.42. The number of hydrogen-bond acceptors (Lipinski definition) is 9. The minimum Gasteiger partial charge on any atom is -0.481 e. The van der Waals surface area contributed by atoms with E-state index in [1.54, 1.807) is 12.2 Å². The Kier molecular flexibility index (Phi) is 14.3. The first-order valence-corrected chi connectivity index (χ1v) is 25.6. The smallest absolute Gasteiger partial charge is 0.303 e. The summed E-state index contributed by atoms with van der Waals surface area (Å²) >= 11 is 8.04. The van der Waals surface area contributed by atoms with Crippen LogP contribution in [0.15, 0.2) is 103 Å². The zero-order valence-electron chi connectivity index (χ0n) is 39.8. The summed E-state index contributed by atoms with van der Waals surface area (Å²) in [4.78, 5) is 40.6. The number of Topliss-reactive ketones (excluding diaryl/α,β-unsaturated/α-hetero) is 1. The molecule has 68 heavy (non-hydrogen) atoms. The number of thioether (sulfide) groups is 1. The van der Waals surface area contributed by atoms with Gasteiger partial charge in [-0.15, -0.1) is 0 Å². The number of aliphatic carboxylic acids is 1. The van der Waals surface area contributed by atoms with E-state index in [1.165, 1.54) is 5.56 Å². The van der Waals surface area contributed by atoms with Gasteiger partial charge in [-0.3, -0.25) is 14.4 Å². The van der Waals surface area contributed by atoms with E-state index in [1.807, 2.05) is 87.1 Å². The predicted octanol–water partition coefficient (Wildman–Crippen LogP) is 10.8. The molecule has 0 bridgehead atoms. The number of carboxylic acid groups (broad SMARTS) is 1. The lowest BCUT2D eigenvalue weighted by molar-refractivity contribution is -0.180. The molecule has 9 atom stereocenters. The van der Waals surface area contributed by atoms with E-state index in [4.69, 9.17) is 16.6 Å². The van der Waals surface area contributed by atoms with E-state index >= 15 is 0 Å². The molecule has 5 aliphatic rings. The minimum absolute atomic E-state index is 0.00620. The number of aliphatic hydroxyl groups excluding tert-OH is 2. The molecule has 1 heterocycles. The SMILES string of the molecule is CC(C)(O)c1ccccc1CC[C@@H](SCC1(CC(=O)O)CC1)c1cccc(/C=C/c2ccc3ccc(Cl)cc3n2)c1.C[C@H]1C[C@@H]2[C@H]([C@@H](O)C[C@@]3(C)[C@H]2CC[C@]3(O)C(=O)CO)[C@@]2(C)C=CC(=O)C=C12. The zero-order valence-corrected chi connectivity index (χ0v) is 41.4. The Morgan fingerprint density at radius 3 is 2.47 bits per heavy atom. The maximum Gasteiger partial charge on any atom is 0.303 e. The maximum absolute atomic E-state index is 12.4. The van der Waals surface area contributed by atoms with Gasteiger partial charge < -0.3 is 25.5 Å². The molecule has 11 heteroatoms. The van der Waals surface area contributed by atoms with Crippen molar-refractivity contribution in [2.75, 3.05) is 12.4 Å². The van der Waals surface area contributed by atoms with Crippen molar-refractivity contribution in [1.29, 1.82) is 0 Å². The van der Waals surface area contributed by atoms with E-state index in [0.29, 0.717) is 17.9 Å². The Bertz CT molecular complexity index is 2670. The molecule has 3 aromatic carbocycles. The highest BCUT2D eigenvalue weighted by Gasteiger charge is 2.68. The van der Waals surface area contributed by atoms with Crippen LogP contribution in [0.4, 0.5) is 0 Å². The standard InChI is InChI=1S/C35H36ClNO3S.C22H30O5/c1-34(2,40)30-9-4-3-7-25(30)13-17-32(41-23-35(18-19-35)22-33(38)39)27-8-5-6-24(20-27)10-15-29-16-12-26-11-14-28(36)21-31(26)37-29;1-12-8-14-15-5-7-22(27,18(26)11-23)21(15,3)10-17(25)19(14)20(2)6-4-13(24)9-16(12)20/h3-12,14-16,20-21,32,40H,13,17-19,22-23H2,1-2H3,(H,38,39);4,6,9,12,14-15,17,19,23,25,27H,5,7-8,10-11H2,1-3H3/b15-10+;/t32-;12-,14-,15-,17-,19+,20-,21-,22-/m10/s1. The number of ketones is 2. The first-order chi connectivity index (χ1) is 32.2. The van der Waals surface area contributed by atoms with Crippen molar-refractivity contribution in [1.82, 2.24) is 4.98 Å². The molecular formula is C57H66ClNO8S. The van der Waals surface area contributed by atoms with Crippen LogP contribution in [0.3, 0.4) is 0 Å². The highest BCUT2D eigenvalue weighted by atomic mass is 35.5. The van der Waals surface area contributed by atoms with Crippen molar-refractivity contribution in [3.8, 4) is 0 Å². The topological polar surface area (TPSA) is 165 Å². The van der Waals surface area contributed by atoms with Crippen molar-refractivity contribution < 1.29 is 39.9 Å². The summed E-state index contributed by atoms with van der Waals surface area (Å²) in [7, 11) is 0. The van der Waals surface area contributed by atoms with Crippen LogP contribution in [0.1, 0.15) is 119 Å². The number of carboxylic acids is 1. The number of benzene rings is 3. The number of pyridine rings is 1. The molecule has 0 amide bonds. The second kappa shape index (κ2) is 19.4. The van der Waals surface area contributed by atoms with Crippen LogP contribution < -0.4 is 0 Å². The van der Waals surface area contributed by atoms with E-state index in [2.05, 4.69) is 56.3 Å². The molecular weight excluding hydrogens is 894 g/mol. The number of rotatable bonds is 14. The van der Waals surface area contributed by atoms with Gasteiger partial charge in [-0.05, 0) is 147 Å². The molecule has 4 aromatic rings. The summed E-state index contributed by atoms with van der Waals surface area (Å²) in [5.41, 5.74) is 3.56. The molecule has 9 nitrogen and oxygen atoms in total. The molecule has 5 aliphatic carbocycles. The van der Waals surface area contributed by atoms with Crippen LogP contribution in [0.5, 0.6) is 0 Å². The van der Waals surface area contributed by atoms with Crippen LogP contribution in [-0.4, -0.2) is 72.1 Å². The molecule has 1 aromatic heterocycles. The van der Waals surface area contributed by atoms with Gasteiger partial charge >= 0.3 is 5.97 Å². The van der Waals surface area contributed by atoms with Gasteiger partial charge in [-0.1, -0.05) is 111 Å². The fourth-order valence-electron chi connectivity index (χ4n) is 12.7. The van der Waals surface area contributed by atoms with Gasteiger partial charge in [0.05, 0.1) is 29.3 Å². The van der Waals surface area contributed by atoms with Gasteiger partial charge in [0.1, 0.15) is 12.2 Å². The molecule has 9 rings (SSSR count). The summed E-state index contributed by atoms with van der Waals surface area (Å²) in [6, 6.07) is 26.5. The molecule has 0 saturated heterocycles. The number of carbonyl (C=O) groups is 3. The monoisotopic (exact) mass is 959 g/mol. The summed E-state index contributed by atoms with van der Waals surface area (Å²) in [5.74, 6) is 0.0447. The lowest BCUT2D eigenvalue weighted by Gasteiger charge is -2.60. The molecule has 0 spiro atoms. The van der Waals surface area contributed by atoms with Crippen molar-refractivity contribution in [2.24, 2.45) is 39.9 Å². The van der Waals surface area contributed by atoms with Gasteiger partial charge in [0.2, 0.25) is 0 Å². The third-order valence-corrected chi connectivity index (χ3v) is 18.3. The van der Waals surface area contributed by atoms with Gasteiger partial charge in [0, 0.05) is 38.2 Å². The molecule has 360 valence electrons. The molecule has 4 saturated carbocycles. The van der Waals surface area contributed by atoms with E-state index < -0.39 is 41.1 Å². The summed E-state index contributed by atoms with van der Waals surface area (Å²) in [5, 5.41) is 54.0. The number of halogens is 1. The quantitative estimate of drug-likeness (QED) is 0.0821. The Balaban J connectivity index is 0.000000200. The number of aryl methyl sites for hydroxylation is 1. The maximum atomic E-state index is 12.4. The zero-order chi connectivity index (χ0) is 48.8. The molecule has 5 N–H and O–H groups in total. The second-order valence-corrected chi connectivity index (χ2v) is 23.0. The van der Waals surface area contributed by atoms with Gasteiger partial charge in [-0.2, -0.15) is 11.8 Å². The van der Waals surface area contributed by atoms with Crippen LogP contribution in [0, 0.1) is 39.9 Å². The van der Waals surface area contributed by atoms with Crippen LogP contribution >= 0.6 is 23.4 Å².